The van der Waals surface area contributed by atoms with E-state index in [2.05, 4.69) is 19.1 Å². The molecule has 66 valence electrons. The minimum Gasteiger partial charge on any atom is -0.253 e. The molecular formula is C7H9NO3S. The van der Waals surface area contributed by atoms with Crippen LogP contribution in [0.4, 0.5) is 0 Å². The molecule has 0 heterocycles. The highest BCUT2D eigenvalue weighted by molar-refractivity contribution is 7.61. The van der Waals surface area contributed by atoms with Gasteiger partial charge in [-0.2, -0.15) is 8.42 Å². The van der Waals surface area contributed by atoms with E-state index in [9.17, 15) is 0 Å². The number of nitrogens with zero attached hydrogens (tertiary/aromatic N) is 1. The standard InChI is InChI=1S/C7H8.HNO3S/c1-7-5-3-2-4-6-7;2-1-5(3)4/h2-6H,1H3;2H. The second kappa shape index (κ2) is 6.51. The Balaban J connectivity index is 0.000000217. The molecule has 5 heteroatoms. The topological polar surface area (TPSA) is 66.7 Å². The van der Waals surface area contributed by atoms with Crippen LogP contribution in [0, 0.1) is 6.92 Å². The Bertz CT molecular complexity index is 323. The molecule has 1 rings (SSSR count). The highest BCUT2D eigenvalue weighted by atomic mass is 32.2. The van der Waals surface area contributed by atoms with Gasteiger partial charge >= 0.3 is 10.5 Å². The van der Waals surface area contributed by atoms with Crippen LogP contribution in [-0.2, 0) is 10.5 Å². The molecule has 0 spiro atoms. The maximum absolute atomic E-state index is 8.95. The van der Waals surface area contributed by atoms with Crippen molar-refractivity contribution in [1.82, 2.24) is 0 Å². The van der Waals surface area contributed by atoms with Crippen LogP contribution in [0.15, 0.2) is 34.9 Å². The molecule has 0 saturated heterocycles. The van der Waals surface area contributed by atoms with Crippen molar-refractivity contribution in [3.63, 3.8) is 0 Å². The molecule has 0 radical (unpaired) electrons. The summed E-state index contributed by atoms with van der Waals surface area (Å²) in [5, 5.41) is 7.16. The summed E-state index contributed by atoms with van der Waals surface area (Å²) in [6, 6.07) is 10.3. The Labute approximate surface area is 72.1 Å². The van der Waals surface area contributed by atoms with Gasteiger partial charge in [0.25, 0.3) is 0 Å². The number of hydrogen-bond donors (Lipinski definition) is 1. The van der Waals surface area contributed by atoms with Crippen molar-refractivity contribution in [2.45, 2.75) is 6.92 Å². The Morgan fingerprint density at radius 1 is 1.25 bits per heavy atom. The molecule has 0 amide bonds. The van der Waals surface area contributed by atoms with E-state index in [0.29, 0.717) is 0 Å². The summed E-state index contributed by atoms with van der Waals surface area (Å²) in [6.45, 7) is 2.08. The monoisotopic (exact) mass is 187 g/mol. The summed E-state index contributed by atoms with van der Waals surface area (Å²) in [5.74, 6) is 0. The summed E-state index contributed by atoms with van der Waals surface area (Å²) in [5.41, 5.74) is 1.32. The molecule has 4 nitrogen and oxygen atoms in total. The zero-order chi connectivity index (χ0) is 9.40. The molecule has 1 aromatic rings. The minimum absolute atomic E-state index is 1.32. The minimum atomic E-state index is -2.64. The third kappa shape index (κ3) is 6.91. The lowest BCUT2D eigenvalue weighted by atomic mass is 10.2. The van der Waals surface area contributed by atoms with E-state index in [1.165, 1.54) is 5.56 Å². The van der Waals surface area contributed by atoms with E-state index in [1.54, 1.807) is 4.53 Å². The van der Waals surface area contributed by atoms with Crippen LogP contribution in [-0.4, -0.2) is 13.6 Å². The van der Waals surface area contributed by atoms with Crippen molar-refractivity contribution in [3.8, 4) is 0 Å². The third-order valence-electron chi connectivity index (χ3n) is 1.01. The van der Waals surface area contributed by atoms with Gasteiger partial charge in [0.1, 0.15) is 0 Å². The fourth-order valence-electron chi connectivity index (χ4n) is 0.534. The molecule has 0 atom stereocenters. The first-order chi connectivity index (χ1) is 5.66. The molecular weight excluding hydrogens is 178 g/mol. The zero-order valence-electron chi connectivity index (χ0n) is 6.51. The molecule has 1 N–H and O–H groups in total. The number of benzene rings is 1. The lowest BCUT2D eigenvalue weighted by Crippen LogP contribution is -1.62. The first kappa shape index (κ1) is 10.8. The fraction of sp³-hybridized carbons (Fsp3) is 0.143. The van der Waals surface area contributed by atoms with Crippen molar-refractivity contribution in [3.05, 3.63) is 35.9 Å². The van der Waals surface area contributed by atoms with Gasteiger partial charge in [0.15, 0.2) is 0 Å². The van der Waals surface area contributed by atoms with Gasteiger partial charge in [0, 0.05) is 0 Å². The van der Waals surface area contributed by atoms with Crippen LogP contribution >= 0.6 is 0 Å². The first-order valence-electron chi connectivity index (χ1n) is 3.13. The van der Waals surface area contributed by atoms with Crippen molar-refractivity contribution in [2.24, 2.45) is 4.53 Å². The van der Waals surface area contributed by atoms with Crippen LogP contribution in [0.25, 0.3) is 0 Å². The van der Waals surface area contributed by atoms with Gasteiger partial charge in [-0.15, -0.1) is 0 Å². The zero-order valence-corrected chi connectivity index (χ0v) is 7.32. The van der Waals surface area contributed by atoms with Crippen LogP contribution < -0.4 is 0 Å². The normalized spacial score (nSPS) is 7.83. The quantitative estimate of drug-likeness (QED) is 0.625. The van der Waals surface area contributed by atoms with E-state index in [1.807, 2.05) is 18.2 Å². The van der Waals surface area contributed by atoms with Crippen molar-refractivity contribution < 1.29 is 13.6 Å². The van der Waals surface area contributed by atoms with Crippen molar-refractivity contribution in [1.29, 1.82) is 0 Å². The summed E-state index contributed by atoms with van der Waals surface area (Å²) >= 11 is 0. The molecule has 0 aliphatic carbocycles. The van der Waals surface area contributed by atoms with Crippen LogP contribution in [0.1, 0.15) is 5.56 Å². The van der Waals surface area contributed by atoms with Crippen LogP contribution in [0.2, 0.25) is 0 Å². The van der Waals surface area contributed by atoms with Gasteiger partial charge in [-0.3, -0.25) is 5.21 Å². The molecule has 0 aliphatic heterocycles. The number of aryl methyl sites for hydroxylation is 1. The predicted octanol–water partition coefficient (Wildman–Crippen LogP) is 1.43. The molecule has 0 aliphatic rings. The average molecular weight is 187 g/mol. The van der Waals surface area contributed by atoms with Crippen LogP contribution in [0.3, 0.4) is 0 Å². The van der Waals surface area contributed by atoms with Gasteiger partial charge < -0.3 is 0 Å². The maximum atomic E-state index is 8.95. The number of rotatable bonds is 0. The van der Waals surface area contributed by atoms with Crippen molar-refractivity contribution in [2.75, 3.05) is 0 Å². The van der Waals surface area contributed by atoms with Gasteiger partial charge in [-0.1, -0.05) is 35.9 Å². The Hall–Kier alpha value is -1.20. The molecule has 12 heavy (non-hydrogen) atoms. The summed E-state index contributed by atoms with van der Waals surface area (Å²) in [6.07, 6.45) is 0. The van der Waals surface area contributed by atoms with E-state index in [-0.39, 0.29) is 0 Å². The molecule has 0 aromatic heterocycles. The van der Waals surface area contributed by atoms with E-state index < -0.39 is 10.5 Å². The highest BCUT2D eigenvalue weighted by Crippen LogP contribution is 1.92. The smallest absolute Gasteiger partial charge is 0.253 e. The predicted molar refractivity (Wildman–Crippen MR) is 44.3 cm³/mol. The summed E-state index contributed by atoms with van der Waals surface area (Å²) in [7, 11) is -2.64. The number of hydrogen-bond acceptors (Lipinski definition) is 3. The largest absolute Gasteiger partial charge is 0.338 e. The maximum Gasteiger partial charge on any atom is 0.338 e. The van der Waals surface area contributed by atoms with Gasteiger partial charge in [0.2, 0.25) is 0 Å². The van der Waals surface area contributed by atoms with Crippen molar-refractivity contribution >= 4 is 10.5 Å². The van der Waals surface area contributed by atoms with Gasteiger partial charge in [-0.05, 0) is 11.4 Å². The van der Waals surface area contributed by atoms with Gasteiger partial charge in [0.05, 0.1) is 0 Å². The van der Waals surface area contributed by atoms with E-state index in [4.69, 9.17) is 13.6 Å². The second-order valence-electron chi connectivity index (χ2n) is 1.95. The first-order valence-corrected chi connectivity index (χ1v) is 4.16. The molecule has 0 unspecified atom stereocenters. The average Bonchev–Trinajstić information content (AvgIpc) is 2.07. The lowest BCUT2D eigenvalue weighted by molar-refractivity contribution is 0.324. The SMILES string of the molecule is Cc1ccccc1.O=S(=O)=NO. The third-order valence-corrected chi connectivity index (χ3v) is 1.14. The Morgan fingerprint density at radius 3 is 1.83 bits per heavy atom. The fourth-order valence-corrected chi connectivity index (χ4v) is 0.534. The molecule has 0 fully saturated rings. The highest BCUT2D eigenvalue weighted by Gasteiger charge is 1.72. The van der Waals surface area contributed by atoms with Crippen LogP contribution in [0.5, 0.6) is 0 Å². The molecule has 0 saturated carbocycles. The summed E-state index contributed by atoms with van der Waals surface area (Å²) < 4.78 is 19.7. The Morgan fingerprint density at radius 2 is 1.67 bits per heavy atom. The Kier molecular flexibility index (Phi) is 5.86. The van der Waals surface area contributed by atoms with E-state index >= 15 is 0 Å². The summed E-state index contributed by atoms with van der Waals surface area (Å²) in [4.78, 5) is 0. The molecule has 0 bridgehead atoms. The van der Waals surface area contributed by atoms with Gasteiger partial charge in [-0.25, -0.2) is 0 Å². The van der Waals surface area contributed by atoms with E-state index in [0.717, 1.165) is 0 Å². The molecule has 1 aromatic carbocycles. The second-order valence-corrected chi connectivity index (χ2v) is 2.55. The lowest BCUT2D eigenvalue weighted by Gasteiger charge is -1.82.